The maximum atomic E-state index is 13.6. The summed E-state index contributed by atoms with van der Waals surface area (Å²) in [7, 11) is 0. The van der Waals surface area contributed by atoms with E-state index in [4.69, 9.17) is 0 Å². The van der Waals surface area contributed by atoms with Gasteiger partial charge in [-0.2, -0.15) is 26.3 Å². The van der Waals surface area contributed by atoms with Crippen molar-refractivity contribution in [2.24, 2.45) is 0 Å². The van der Waals surface area contributed by atoms with Crippen LogP contribution >= 0.6 is 0 Å². The van der Waals surface area contributed by atoms with Crippen LogP contribution < -0.4 is 5.32 Å². The molecule has 1 aliphatic rings. The van der Waals surface area contributed by atoms with E-state index in [0.717, 1.165) is 0 Å². The minimum atomic E-state index is -4.98. The molecule has 5 nitrogen and oxygen atoms in total. The van der Waals surface area contributed by atoms with Gasteiger partial charge in [0, 0.05) is 13.1 Å². The standard InChI is InChI=1S/C23H23F7N2O3S/c1-13-8-17(24)2-3-19(13)20-12-18(36(34)35)5-7-32(20)21(33)31-6-4-14-9-15(22(25,26)27)11-16(10-14)23(28,29)30/h2-3,8-11,18,20H,4-7,12H2,1H3,(H,31,33)(H,34,35)/t18-,20+/m0/s1. The number of nitrogens with one attached hydrogen (secondary N) is 1. The van der Waals surface area contributed by atoms with Crippen molar-refractivity contribution < 1.29 is 44.3 Å². The SMILES string of the molecule is Cc1cc(F)ccc1[C@H]1C[C@@H](S(=O)O)CCN1C(=O)NCCc1cc(C(F)(F)F)cc(C(F)(F)F)c1. The van der Waals surface area contributed by atoms with Gasteiger partial charge in [-0.1, -0.05) is 6.07 Å². The monoisotopic (exact) mass is 540 g/mol. The quantitative estimate of drug-likeness (QED) is 0.369. The predicted octanol–water partition coefficient (Wildman–Crippen LogP) is 5.85. The van der Waals surface area contributed by atoms with E-state index in [1.807, 2.05) is 0 Å². The number of halogens is 7. The van der Waals surface area contributed by atoms with Crippen LogP contribution in [0.15, 0.2) is 36.4 Å². The third-order valence-electron chi connectivity index (χ3n) is 6.03. The fourth-order valence-corrected chi connectivity index (χ4v) is 4.90. The Morgan fingerprint density at radius 1 is 1.08 bits per heavy atom. The van der Waals surface area contributed by atoms with Crippen LogP contribution in [0, 0.1) is 12.7 Å². The van der Waals surface area contributed by atoms with Gasteiger partial charge in [0.05, 0.1) is 22.4 Å². The van der Waals surface area contributed by atoms with Crippen LogP contribution in [0.25, 0.3) is 0 Å². The van der Waals surface area contributed by atoms with E-state index in [-0.39, 0.29) is 44.0 Å². The van der Waals surface area contributed by atoms with Crippen LogP contribution in [-0.4, -0.2) is 38.0 Å². The molecule has 1 saturated heterocycles. The zero-order valence-corrected chi connectivity index (χ0v) is 19.7. The Bertz CT molecular complexity index is 1110. The van der Waals surface area contributed by atoms with Gasteiger partial charge in [-0.3, -0.25) is 0 Å². The summed E-state index contributed by atoms with van der Waals surface area (Å²) in [6.07, 6.45) is -9.93. The first kappa shape index (κ1) is 27.9. The lowest BCUT2D eigenvalue weighted by Gasteiger charge is -2.39. The first-order valence-corrected chi connectivity index (χ1v) is 12.0. The average molecular weight is 541 g/mol. The van der Waals surface area contributed by atoms with E-state index < -0.39 is 57.7 Å². The zero-order valence-electron chi connectivity index (χ0n) is 18.9. The normalized spacial score (nSPS) is 19.8. The second kappa shape index (κ2) is 10.8. The molecule has 2 aromatic rings. The number of aryl methyl sites for hydroxylation is 1. The first-order valence-electron chi connectivity index (χ1n) is 10.9. The summed E-state index contributed by atoms with van der Waals surface area (Å²) in [5, 5.41) is 1.87. The number of piperidine rings is 1. The zero-order chi connectivity index (χ0) is 26.8. The van der Waals surface area contributed by atoms with Crippen molar-refractivity contribution in [2.45, 2.75) is 49.8 Å². The lowest BCUT2D eigenvalue weighted by molar-refractivity contribution is -0.143. The molecular weight excluding hydrogens is 517 g/mol. The number of likely N-dealkylation sites (tertiary alicyclic amines) is 1. The average Bonchev–Trinajstić information content (AvgIpc) is 2.77. The Balaban J connectivity index is 1.76. The predicted molar refractivity (Wildman–Crippen MR) is 118 cm³/mol. The van der Waals surface area contributed by atoms with Gasteiger partial charge >= 0.3 is 18.4 Å². The summed E-state index contributed by atoms with van der Waals surface area (Å²) in [6, 6.07) is 3.86. The van der Waals surface area contributed by atoms with E-state index in [1.165, 1.54) is 23.1 Å². The van der Waals surface area contributed by atoms with Crippen molar-refractivity contribution in [3.8, 4) is 0 Å². The molecular formula is C23H23F7N2O3S. The van der Waals surface area contributed by atoms with E-state index in [1.54, 1.807) is 6.92 Å². The highest BCUT2D eigenvalue weighted by molar-refractivity contribution is 7.79. The molecule has 2 N–H and O–H groups in total. The maximum Gasteiger partial charge on any atom is 0.416 e. The molecule has 3 atom stereocenters. The summed E-state index contributed by atoms with van der Waals surface area (Å²) < 4.78 is 113. The molecule has 1 fully saturated rings. The molecule has 2 amide bonds. The van der Waals surface area contributed by atoms with Crippen LogP contribution in [0.5, 0.6) is 0 Å². The van der Waals surface area contributed by atoms with Crippen molar-refractivity contribution in [1.29, 1.82) is 0 Å². The van der Waals surface area contributed by atoms with E-state index in [0.29, 0.717) is 23.3 Å². The lowest BCUT2D eigenvalue weighted by atomic mass is 9.92. The molecule has 13 heteroatoms. The maximum absolute atomic E-state index is 13.6. The number of amides is 2. The molecule has 0 spiro atoms. The molecule has 0 bridgehead atoms. The summed E-state index contributed by atoms with van der Waals surface area (Å²) >= 11 is -2.15. The third kappa shape index (κ3) is 6.75. The largest absolute Gasteiger partial charge is 0.416 e. The minimum Gasteiger partial charge on any atom is -0.338 e. The van der Waals surface area contributed by atoms with E-state index in [2.05, 4.69) is 5.32 Å². The van der Waals surface area contributed by atoms with Crippen LogP contribution in [0.1, 0.15) is 46.7 Å². The van der Waals surface area contributed by atoms with Crippen LogP contribution in [0.2, 0.25) is 0 Å². The van der Waals surface area contributed by atoms with Crippen molar-refractivity contribution in [3.63, 3.8) is 0 Å². The van der Waals surface area contributed by atoms with Gasteiger partial charge in [-0.05, 0) is 73.2 Å². The molecule has 2 aromatic carbocycles. The second-order valence-electron chi connectivity index (χ2n) is 8.53. The number of hydrogen-bond donors (Lipinski definition) is 2. The molecule has 0 aromatic heterocycles. The molecule has 1 unspecified atom stereocenters. The molecule has 36 heavy (non-hydrogen) atoms. The number of hydrogen-bond acceptors (Lipinski definition) is 2. The highest BCUT2D eigenvalue weighted by atomic mass is 32.2. The summed E-state index contributed by atoms with van der Waals surface area (Å²) in [6.45, 7) is 1.45. The van der Waals surface area contributed by atoms with Crippen molar-refractivity contribution in [3.05, 3.63) is 70.0 Å². The van der Waals surface area contributed by atoms with Gasteiger partial charge < -0.3 is 14.8 Å². The lowest BCUT2D eigenvalue weighted by Crippen LogP contribution is -2.48. The van der Waals surface area contributed by atoms with Crippen molar-refractivity contribution in [2.75, 3.05) is 13.1 Å². The molecule has 1 heterocycles. The number of carbonyl (C=O) groups is 1. The van der Waals surface area contributed by atoms with Gasteiger partial charge in [-0.25, -0.2) is 13.4 Å². The van der Waals surface area contributed by atoms with E-state index in [9.17, 15) is 44.3 Å². The minimum absolute atomic E-state index is 0.0347. The fraction of sp³-hybridized carbons (Fsp3) is 0.435. The van der Waals surface area contributed by atoms with Crippen LogP contribution in [0.4, 0.5) is 35.5 Å². The molecule has 198 valence electrons. The fourth-order valence-electron chi connectivity index (χ4n) is 4.25. The van der Waals surface area contributed by atoms with Crippen LogP contribution in [-0.2, 0) is 29.9 Å². The Labute approximate surface area is 205 Å². The molecule has 0 radical (unpaired) electrons. The Morgan fingerprint density at radius 3 is 2.22 bits per heavy atom. The second-order valence-corrected chi connectivity index (χ2v) is 9.75. The smallest absolute Gasteiger partial charge is 0.338 e. The van der Waals surface area contributed by atoms with Crippen LogP contribution in [0.3, 0.4) is 0 Å². The molecule has 1 aliphatic heterocycles. The van der Waals surface area contributed by atoms with Gasteiger partial charge in [-0.15, -0.1) is 0 Å². The summed E-state index contributed by atoms with van der Waals surface area (Å²) in [5.74, 6) is -0.496. The Hall–Kier alpha value is -2.67. The third-order valence-corrected chi connectivity index (χ3v) is 7.03. The first-order chi connectivity index (χ1) is 16.7. The number of urea groups is 1. The number of benzene rings is 2. The van der Waals surface area contributed by atoms with Crippen molar-refractivity contribution >= 4 is 17.1 Å². The summed E-state index contributed by atoms with van der Waals surface area (Å²) in [4.78, 5) is 14.3. The Kier molecular flexibility index (Phi) is 8.33. The molecule has 0 saturated carbocycles. The number of rotatable bonds is 5. The van der Waals surface area contributed by atoms with Gasteiger partial charge in [0.2, 0.25) is 0 Å². The summed E-state index contributed by atoms with van der Waals surface area (Å²) in [5.41, 5.74) is -2.05. The molecule has 3 rings (SSSR count). The Morgan fingerprint density at radius 2 is 1.69 bits per heavy atom. The van der Waals surface area contributed by atoms with Gasteiger partial charge in [0.1, 0.15) is 5.82 Å². The highest BCUT2D eigenvalue weighted by Gasteiger charge is 2.37. The van der Waals surface area contributed by atoms with Gasteiger partial charge in [0.25, 0.3) is 0 Å². The van der Waals surface area contributed by atoms with Gasteiger partial charge in [0.15, 0.2) is 11.1 Å². The number of alkyl halides is 6. The van der Waals surface area contributed by atoms with Crippen molar-refractivity contribution in [1.82, 2.24) is 10.2 Å². The topological polar surface area (TPSA) is 69.6 Å². The number of nitrogens with zero attached hydrogens (tertiary/aromatic N) is 1. The molecule has 0 aliphatic carbocycles. The van der Waals surface area contributed by atoms with E-state index >= 15 is 0 Å². The number of carbonyl (C=O) groups excluding carboxylic acids is 1. The highest BCUT2D eigenvalue weighted by Crippen LogP contribution is 2.37.